The van der Waals surface area contributed by atoms with Gasteiger partial charge in [0.2, 0.25) is 0 Å². The van der Waals surface area contributed by atoms with Crippen LogP contribution in [0.3, 0.4) is 0 Å². The van der Waals surface area contributed by atoms with Gasteiger partial charge in [0.1, 0.15) is 31.5 Å². The van der Waals surface area contributed by atoms with Crippen molar-refractivity contribution in [3.8, 4) is 0 Å². The largest absolute Gasteiger partial charge is 0.459 e. The number of carbonyl (C=O) groups excluding carboxylic acids is 7. The van der Waals surface area contributed by atoms with Gasteiger partial charge in [-0.25, -0.2) is 33.6 Å². The number of aliphatic hydroxyl groups excluding tert-OH is 1. The fourth-order valence-corrected chi connectivity index (χ4v) is 8.59. The Morgan fingerprint density at radius 1 is 0.304 bits per heavy atom. The van der Waals surface area contributed by atoms with E-state index >= 15 is 0 Å². The third kappa shape index (κ3) is 13.8. The minimum atomic E-state index is -2.12. The van der Waals surface area contributed by atoms with Crippen molar-refractivity contribution in [2.75, 3.05) is 13.2 Å². The standard InChI is InChI=1S/C61H50O18/c62-53(38-22-8-1-9-23-38)70-36-45-48(49(75-56(65)41-28-14-4-15-29-41)51(60(69)72-45)77-58(67)43-32-18-6-19-33-43)79-61-52(78-59(68)44-34-20-7-21-35-44)50(76-57(66)42-30-16-5-17-31-42)47(74-55(64)40-26-12-3-13-27-40)46(73-61)37-71-54(63)39-24-10-2-11-25-39/h1-35,45-52,60-61,69H,36-37H2/t45?,46?,47-,48+,49?,50-,51?,52?,60-,61-/m0/s1. The molecule has 402 valence electrons. The second-order valence-corrected chi connectivity index (χ2v) is 17.8. The fraction of sp³-hybridized carbons (Fsp3) is 0.197. The van der Waals surface area contributed by atoms with E-state index in [9.17, 15) is 38.7 Å². The van der Waals surface area contributed by atoms with Gasteiger partial charge in [0.25, 0.3) is 0 Å². The van der Waals surface area contributed by atoms with Gasteiger partial charge >= 0.3 is 41.8 Å². The molecule has 0 amide bonds. The summed E-state index contributed by atoms with van der Waals surface area (Å²) < 4.78 is 62.0. The van der Waals surface area contributed by atoms with E-state index in [0.29, 0.717) is 0 Å². The quantitative estimate of drug-likeness (QED) is 0.0642. The Bertz CT molecular complexity index is 3170. The van der Waals surface area contributed by atoms with E-state index < -0.39 is 116 Å². The molecule has 18 heteroatoms. The number of esters is 7. The molecule has 0 aromatic heterocycles. The van der Waals surface area contributed by atoms with Crippen molar-refractivity contribution in [3.05, 3.63) is 251 Å². The average Bonchev–Trinajstić information content (AvgIpc) is 3.51. The van der Waals surface area contributed by atoms with Gasteiger partial charge in [0.15, 0.2) is 43.1 Å². The van der Waals surface area contributed by atoms with Crippen LogP contribution in [0.5, 0.6) is 0 Å². The van der Waals surface area contributed by atoms with Crippen molar-refractivity contribution in [1.82, 2.24) is 0 Å². The molecule has 79 heavy (non-hydrogen) atoms. The van der Waals surface area contributed by atoms with Crippen LogP contribution < -0.4 is 0 Å². The topological polar surface area (TPSA) is 232 Å². The molecule has 7 aromatic rings. The molecule has 2 aliphatic rings. The third-order valence-electron chi connectivity index (χ3n) is 12.5. The molecule has 0 bridgehead atoms. The molecule has 2 saturated heterocycles. The average molecular weight is 1070 g/mol. The number of rotatable bonds is 18. The summed E-state index contributed by atoms with van der Waals surface area (Å²) in [5, 5.41) is 11.9. The summed E-state index contributed by atoms with van der Waals surface area (Å²) in [6, 6.07) is 54.1. The highest BCUT2D eigenvalue weighted by Gasteiger charge is 2.58. The monoisotopic (exact) mass is 1070 g/mol. The molecule has 0 spiro atoms. The first-order chi connectivity index (χ1) is 38.5. The molecule has 2 heterocycles. The normalized spacial score (nSPS) is 22.4. The first-order valence-electron chi connectivity index (χ1n) is 24.9. The van der Waals surface area contributed by atoms with Crippen molar-refractivity contribution < 1.29 is 86.0 Å². The maximum Gasteiger partial charge on any atom is 0.338 e. The molecule has 10 atom stereocenters. The summed E-state index contributed by atoms with van der Waals surface area (Å²) in [5.74, 6) is -6.72. The zero-order valence-corrected chi connectivity index (χ0v) is 41.8. The molecule has 18 nitrogen and oxygen atoms in total. The molecular weight excluding hydrogens is 1020 g/mol. The first kappa shape index (κ1) is 54.5. The molecule has 5 unspecified atom stereocenters. The van der Waals surface area contributed by atoms with Gasteiger partial charge in [0.05, 0.1) is 38.9 Å². The van der Waals surface area contributed by atoms with Gasteiger partial charge in [-0.05, 0) is 84.9 Å². The highest BCUT2D eigenvalue weighted by atomic mass is 16.8. The van der Waals surface area contributed by atoms with Crippen LogP contribution in [0.2, 0.25) is 0 Å². The predicted molar refractivity (Wildman–Crippen MR) is 276 cm³/mol. The smallest absolute Gasteiger partial charge is 0.338 e. The van der Waals surface area contributed by atoms with E-state index in [-0.39, 0.29) is 38.9 Å². The van der Waals surface area contributed by atoms with Crippen molar-refractivity contribution in [2.45, 2.75) is 61.4 Å². The molecule has 0 aliphatic carbocycles. The maximum absolute atomic E-state index is 14.5. The van der Waals surface area contributed by atoms with Crippen molar-refractivity contribution in [1.29, 1.82) is 0 Å². The van der Waals surface area contributed by atoms with Gasteiger partial charge in [-0.3, -0.25) is 0 Å². The lowest BCUT2D eigenvalue weighted by Gasteiger charge is -2.48. The number of aliphatic hydroxyl groups is 1. The van der Waals surface area contributed by atoms with Crippen LogP contribution in [0.4, 0.5) is 0 Å². The molecular formula is C61H50O18. The lowest BCUT2D eigenvalue weighted by Crippen LogP contribution is -2.67. The zero-order valence-electron chi connectivity index (χ0n) is 41.8. The van der Waals surface area contributed by atoms with E-state index in [1.54, 1.807) is 127 Å². The summed E-state index contributed by atoms with van der Waals surface area (Å²) in [5.41, 5.74) is 0.298. The van der Waals surface area contributed by atoms with E-state index in [1.807, 2.05) is 0 Å². The molecule has 0 radical (unpaired) electrons. The van der Waals surface area contributed by atoms with Crippen molar-refractivity contribution in [3.63, 3.8) is 0 Å². The Labute approximate surface area is 452 Å². The summed E-state index contributed by atoms with van der Waals surface area (Å²) in [7, 11) is 0. The Morgan fingerprint density at radius 3 is 0.886 bits per heavy atom. The lowest BCUT2D eigenvalue weighted by molar-refractivity contribution is -0.352. The van der Waals surface area contributed by atoms with Crippen LogP contribution in [0.25, 0.3) is 0 Å². The minimum Gasteiger partial charge on any atom is -0.459 e. The minimum absolute atomic E-state index is 0.00210. The molecule has 0 saturated carbocycles. The Hall–Kier alpha value is -9.33. The van der Waals surface area contributed by atoms with E-state index in [1.165, 1.54) is 84.9 Å². The summed E-state index contributed by atoms with van der Waals surface area (Å²) >= 11 is 0. The van der Waals surface area contributed by atoms with Crippen LogP contribution in [-0.4, -0.2) is 122 Å². The third-order valence-corrected chi connectivity index (χ3v) is 12.5. The molecule has 7 aromatic carbocycles. The fourth-order valence-electron chi connectivity index (χ4n) is 8.59. The van der Waals surface area contributed by atoms with Crippen molar-refractivity contribution in [2.24, 2.45) is 0 Å². The highest BCUT2D eigenvalue weighted by molar-refractivity contribution is 5.93. The highest BCUT2D eigenvalue weighted by Crippen LogP contribution is 2.36. The second kappa shape index (κ2) is 26.1. The predicted octanol–water partition coefficient (Wildman–Crippen LogP) is 7.66. The lowest BCUT2D eigenvalue weighted by atomic mass is 9.95. The number of benzene rings is 7. The van der Waals surface area contributed by atoms with Crippen LogP contribution >= 0.6 is 0 Å². The van der Waals surface area contributed by atoms with Crippen molar-refractivity contribution >= 4 is 41.8 Å². The number of carbonyl (C=O) groups is 7. The maximum atomic E-state index is 14.5. The Morgan fingerprint density at radius 2 is 0.557 bits per heavy atom. The van der Waals surface area contributed by atoms with Crippen LogP contribution in [0.15, 0.2) is 212 Å². The van der Waals surface area contributed by atoms with Gasteiger partial charge in [0, 0.05) is 0 Å². The summed E-state index contributed by atoms with van der Waals surface area (Å²) in [6.07, 6.45) is -19.0. The Balaban J connectivity index is 1.18. The van der Waals surface area contributed by atoms with Crippen LogP contribution in [-0.2, 0) is 47.4 Å². The zero-order chi connectivity index (χ0) is 55.1. The van der Waals surface area contributed by atoms with E-state index in [2.05, 4.69) is 0 Å². The molecule has 2 fully saturated rings. The number of hydrogen-bond donors (Lipinski definition) is 1. The number of hydrogen-bond acceptors (Lipinski definition) is 18. The number of ether oxygens (including phenoxy) is 10. The summed E-state index contributed by atoms with van der Waals surface area (Å²) in [6.45, 7) is -1.50. The Kier molecular flexibility index (Phi) is 18.0. The van der Waals surface area contributed by atoms with E-state index in [4.69, 9.17) is 47.4 Å². The van der Waals surface area contributed by atoms with Gasteiger partial charge < -0.3 is 52.5 Å². The molecule has 1 N–H and O–H groups in total. The van der Waals surface area contributed by atoms with Gasteiger partial charge in [-0.15, -0.1) is 0 Å². The second-order valence-electron chi connectivity index (χ2n) is 17.8. The molecule has 2 aliphatic heterocycles. The van der Waals surface area contributed by atoms with E-state index in [0.717, 1.165) is 0 Å². The van der Waals surface area contributed by atoms with Gasteiger partial charge in [-0.2, -0.15) is 0 Å². The van der Waals surface area contributed by atoms with Crippen LogP contribution in [0.1, 0.15) is 72.5 Å². The first-order valence-corrected chi connectivity index (χ1v) is 24.9. The summed E-state index contributed by atoms with van der Waals surface area (Å²) in [4.78, 5) is 98.6. The molecule has 9 rings (SSSR count). The van der Waals surface area contributed by atoms with Crippen LogP contribution in [0, 0.1) is 0 Å². The van der Waals surface area contributed by atoms with Gasteiger partial charge in [-0.1, -0.05) is 127 Å². The SMILES string of the molecule is O=C(OCC1O[C@H](O)C(OC(=O)c2ccccc2)C(OC(=O)c2ccccc2)[C@@H]1O[C@@H]1OC(COC(=O)c2ccccc2)[C@H](OC(=O)c2ccccc2)[C@H](OC(=O)c2ccccc2)C1OC(=O)c1ccccc1)c1ccccc1.